The fourth-order valence-electron chi connectivity index (χ4n) is 1.81. The predicted octanol–water partition coefficient (Wildman–Crippen LogP) is 1.58. The van der Waals surface area contributed by atoms with E-state index in [1.807, 2.05) is 19.3 Å². The lowest BCUT2D eigenvalue weighted by molar-refractivity contribution is 0.516. The fraction of sp³-hybridized carbons (Fsp3) is 0.727. The van der Waals surface area contributed by atoms with Crippen LogP contribution in [0.25, 0.3) is 0 Å². The van der Waals surface area contributed by atoms with Gasteiger partial charge in [0, 0.05) is 31.5 Å². The number of hydrogen-bond acceptors (Lipinski definition) is 2. The molecule has 14 heavy (non-hydrogen) atoms. The molecule has 1 N–H and O–H groups in total. The number of imidazole rings is 1. The standard InChI is InChI=1S/C11H19N3/c1-9-12-4-6-14(9)7-5-13-10-8-11(10,2)3/h4,6,10,13H,5,7-8H2,1-3H3. The molecular weight excluding hydrogens is 174 g/mol. The second-order valence-corrected chi connectivity index (χ2v) is 4.87. The summed E-state index contributed by atoms with van der Waals surface area (Å²) >= 11 is 0. The first kappa shape index (κ1) is 9.71. The first-order chi connectivity index (χ1) is 6.59. The molecule has 0 spiro atoms. The van der Waals surface area contributed by atoms with E-state index in [1.165, 1.54) is 6.42 Å². The van der Waals surface area contributed by atoms with E-state index in [2.05, 4.69) is 28.7 Å². The van der Waals surface area contributed by atoms with Crippen molar-refractivity contribution in [1.29, 1.82) is 0 Å². The molecular formula is C11H19N3. The number of nitrogens with one attached hydrogen (secondary N) is 1. The van der Waals surface area contributed by atoms with Crippen LogP contribution in [0.5, 0.6) is 0 Å². The van der Waals surface area contributed by atoms with Crippen LogP contribution >= 0.6 is 0 Å². The van der Waals surface area contributed by atoms with Gasteiger partial charge in [-0.25, -0.2) is 4.98 Å². The largest absolute Gasteiger partial charge is 0.334 e. The summed E-state index contributed by atoms with van der Waals surface area (Å²) in [6, 6.07) is 0.728. The van der Waals surface area contributed by atoms with Gasteiger partial charge in [0.1, 0.15) is 5.82 Å². The van der Waals surface area contributed by atoms with E-state index in [0.29, 0.717) is 5.41 Å². The molecule has 0 saturated heterocycles. The molecule has 0 bridgehead atoms. The molecule has 1 aliphatic carbocycles. The Morgan fingerprint density at radius 1 is 1.64 bits per heavy atom. The average Bonchev–Trinajstić information content (AvgIpc) is 2.53. The van der Waals surface area contributed by atoms with E-state index in [-0.39, 0.29) is 0 Å². The molecule has 1 heterocycles. The molecule has 1 atom stereocenters. The zero-order valence-electron chi connectivity index (χ0n) is 9.25. The predicted molar refractivity (Wildman–Crippen MR) is 57.2 cm³/mol. The molecule has 2 rings (SSSR count). The summed E-state index contributed by atoms with van der Waals surface area (Å²) in [5.41, 5.74) is 0.532. The van der Waals surface area contributed by atoms with E-state index >= 15 is 0 Å². The molecule has 0 aromatic carbocycles. The third kappa shape index (κ3) is 1.98. The molecule has 1 aliphatic rings. The second-order valence-electron chi connectivity index (χ2n) is 4.87. The zero-order valence-corrected chi connectivity index (χ0v) is 9.25. The van der Waals surface area contributed by atoms with Crippen LogP contribution < -0.4 is 5.32 Å². The smallest absolute Gasteiger partial charge is 0.105 e. The topological polar surface area (TPSA) is 29.9 Å². The molecule has 0 radical (unpaired) electrons. The highest BCUT2D eigenvalue weighted by Gasteiger charge is 2.44. The zero-order chi connectivity index (χ0) is 10.2. The van der Waals surface area contributed by atoms with Crippen molar-refractivity contribution in [3.63, 3.8) is 0 Å². The van der Waals surface area contributed by atoms with Crippen LogP contribution in [0.2, 0.25) is 0 Å². The average molecular weight is 193 g/mol. The van der Waals surface area contributed by atoms with Crippen molar-refractivity contribution >= 4 is 0 Å². The van der Waals surface area contributed by atoms with Crippen LogP contribution in [0.1, 0.15) is 26.1 Å². The maximum Gasteiger partial charge on any atom is 0.105 e. The Balaban J connectivity index is 1.72. The Morgan fingerprint density at radius 3 is 2.86 bits per heavy atom. The van der Waals surface area contributed by atoms with Gasteiger partial charge in [-0.15, -0.1) is 0 Å². The Kier molecular flexibility index (Phi) is 2.35. The highest BCUT2D eigenvalue weighted by molar-refractivity contribution is 5.01. The highest BCUT2D eigenvalue weighted by Crippen LogP contribution is 2.44. The van der Waals surface area contributed by atoms with Gasteiger partial charge in [0.25, 0.3) is 0 Å². The van der Waals surface area contributed by atoms with Crippen molar-refractivity contribution < 1.29 is 0 Å². The summed E-state index contributed by atoms with van der Waals surface area (Å²) in [4.78, 5) is 4.19. The monoisotopic (exact) mass is 193 g/mol. The Bertz CT molecular complexity index is 314. The van der Waals surface area contributed by atoms with Crippen molar-refractivity contribution in [2.24, 2.45) is 5.41 Å². The summed E-state index contributed by atoms with van der Waals surface area (Å²) in [5, 5.41) is 3.56. The van der Waals surface area contributed by atoms with Crippen LogP contribution in [0.3, 0.4) is 0 Å². The SMILES string of the molecule is Cc1nccn1CCNC1CC1(C)C. The Labute approximate surface area is 85.5 Å². The van der Waals surface area contributed by atoms with Crippen LogP contribution in [-0.4, -0.2) is 22.1 Å². The lowest BCUT2D eigenvalue weighted by Gasteiger charge is -2.08. The van der Waals surface area contributed by atoms with E-state index in [1.54, 1.807) is 0 Å². The molecule has 1 unspecified atom stereocenters. The number of hydrogen-bond donors (Lipinski definition) is 1. The van der Waals surface area contributed by atoms with Gasteiger partial charge in [-0.3, -0.25) is 0 Å². The van der Waals surface area contributed by atoms with Crippen LogP contribution in [0.4, 0.5) is 0 Å². The van der Waals surface area contributed by atoms with Gasteiger partial charge in [0.15, 0.2) is 0 Å². The minimum Gasteiger partial charge on any atom is -0.334 e. The minimum atomic E-state index is 0.532. The van der Waals surface area contributed by atoms with Gasteiger partial charge in [-0.2, -0.15) is 0 Å². The van der Waals surface area contributed by atoms with E-state index in [9.17, 15) is 0 Å². The quantitative estimate of drug-likeness (QED) is 0.786. The number of aromatic nitrogens is 2. The van der Waals surface area contributed by atoms with Gasteiger partial charge in [0.05, 0.1) is 0 Å². The third-order valence-electron chi connectivity index (χ3n) is 3.18. The molecule has 1 aromatic rings. The molecule has 0 aliphatic heterocycles. The number of rotatable bonds is 4. The number of nitrogens with zero attached hydrogens (tertiary/aromatic N) is 2. The molecule has 3 nitrogen and oxygen atoms in total. The first-order valence-electron chi connectivity index (χ1n) is 5.31. The van der Waals surface area contributed by atoms with Gasteiger partial charge < -0.3 is 9.88 Å². The second kappa shape index (κ2) is 3.39. The highest BCUT2D eigenvalue weighted by atomic mass is 15.1. The van der Waals surface area contributed by atoms with Crippen molar-refractivity contribution in [3.8, 4) is 0 Å². The normalized spacial score (nSPS) is 23.8. The molecule has 1 aromatic heterocycles. The molecule has 1 saturated carbocycles. The van der Waals surface area contributed by atoms with Crippen LogP contribution in [-0.2, 0) is 6.54 Å². The van der Waals surface area contributed by atoms with E-state index < -0.39 is 0 Å². The summed E-state index contributed by atoms with van der Waals surface area (Å²) < 4.78 is 2.18. The third-order valence-corrected chi connectivity index (χ3v) is 3.18. The van der Waals surface area contributed by atoms with Gasteiger partial charge in [-0.1, -0.05) is 13.8 Å². The molecule has 1 fully saturated rings. The maximum atomic E-state index is 4.19. The molecule has 3 heteroatoms. The van der Waals surface area contributed by atoms with Gasteiger partial charge in [-0.05, 0) is 18.8 Å². The van der Waals surface area contributed by atoms with Crippen molar-refractivity contribution in [3.05, 3.63) is 18.2 Å². The van der Waals surface area contributed by atoms with Crippen LogP contribution in [0, 0.1) is 12.3 Å². The summed E-state index contributed by atoms with van der Waals surface area (Å²) in [7, 11) is 0. The molecule has 78 valence electrons. The van der Waals surface area contributed by atoms with Crippen molar-refractivity contribution in [1.82, 2.24) is 14.9 Å². The lowest BCUT2D eigenvalue weighted by atomic mass is 10.2. The summed E-state index contributed by atoms with van der Waals surface area (Å²) in [6.45, 7) is 8.74. The Hall–Kier alpha value is -0.830. The summed E-state index contributed by atoms with van der Waals surface area (Å²) in [6.07, 6.45) is 5.21. The van der Waals surface area contributed by atoms with Gasteiger partial charge in [0.2, 0.25) is 0 Å². The van der Waals surface area contributed by atoms with Crippen LogP contribution in [0.15, 0.2) is 12.4 Å². The summed E-state index contributed by atoms with van der Waals surface area (Å²) in [5.74, 6) is 1.10. The van der Waals surface area contributed by atoms with E-state index in [4.69, 9.17) is 0 Å². The first-order valence-corrected chi connectivity index (χ1v) is 5.31. The van der Waals surface area contributed by atoms with Crippen molar-refractivity contribution in [2.75, 3.05) is 6.54 Å². The maximum absolute atomic E-state index is 4.19. The fourth-order valence-corrected chi connectivity index (χ4v) is 1.81. The molecule has 0 amide bonds. The number of aryl methyl sites for hydroxylation is 1. The van der Waals surface area contributed by atoms with E-state index in [0.717, 1.165) is 25.0 Å². The van der Waals surface area contributed by atoms with Crippen molar-refractivity contribution in [2.45, 2.75) is 39.8 Å². The Morgan fingerprint density at radius 2 is 2.36 bits per heavy atom. The minimum absolute atomic E-state index is 0.532. The van der Waals surface area contributed by atoms with Gasteiger partial charge >= 0.3 is 0 Å². The lowest BCUT2D eigenvalue weighted by Crippen LogP contribution is -2.25.